The molecular weight excluding hydrogens is 238 g/mol. The van der Waals surface area contributed by atoms with E-state index >= 15 is 0 Å². The maximum atomic E-state index is 11.7. The fourth-order valence-corrected chi connectivity index (χ4v) is 3.16. The SMILES string of the molecule is C=C(C)[C@H]1CC[C@@H]([N+](=C)[O-])[C@@H]1c1cccc(OC)c1. The van der Waals surface area contributed by atoms with Gasteiger partial charge in [0.1, 0.15) is 12.5 Å². The van der Waals surface area contributed by atoms with Gasteiger partial charge in [-0.05, 0) is 37.0 Å². The van der Waals surface area contributed by atoms with Gasteiger partial charge in [0.05, 0.1) is 13.0 Å². The van der Waals surface area contributed by atoms with Crippen molar-refractivity contribution in [3.05, 3.63) is 47.2 Å². The van der Waals surface area contributed by atoms with Crippen molar-refractivity contribution in [3.8, 4) is 5.75 Å². The van der Waals surface area contributed by atoms with Crippen LogP contribution in [0, 0.1) is 11.1 Å². The highest BCUT2D eigenvalue weighted by molar-refractivity contribution is 5.34. The first-order valence-electron chi connectivity index (χ1n) is 6.60. The first-order valence-corrected chi connectivity index (χ1v) is 6.60. The van der Waals surface area contributed by atoms with Crippen LogP contribution in [0.1, 0.15) is 31.2 Å². The predicted molar refractivity (Wildman–Crippen MR) is 77.8 cm³/mol. The number of benzene rings is 1. The lowest BCUT2D eigenvalue weighted by atomic mass is 9.83. The Morgan fingerprint density at radius 2 is 2.16 bits per heavy atom. The molecule has 1 fully saturated rings. The number of hydroxylamine groups is 1. The lowest BCUT2D eigenvalue weighted by Crippen LogP contribution is -2.26. The third-order valence-corrected chi connectivity index (χ3v) is 4.10. The maximum Gasteiger partial charge on any atom is 0.170 e. The number of ether oxygens (including phenoxy) is 1. The third-order valence-electron chi connectivity index (χ3n) is 4.10. The number of hydrogen-bond donors (Lipinski definition) is 0. The molecule has 1 saturated carbocycles. The van der Waals surface area contributed by atoms with Crippen LogP contribution in [-0.4, -0.2) is 24.6 Å². The normalized spacial score (nSPS) is 26.1. The molecule has 3 heteroatoms. The van der Waals surface area contributed by atoms with E-state index in [1.54, 1.807) is 7.11 Å². The Morgan fingerprint density at radius 1 is 1.42 bits per heavy atom. The summed E-state index contributed by atoms with van der Waals surface area (Å²) in [7, 11) is 1.66. The minimum atomic E-state index is -0.0752. The van der Waals surface area contributed by atoms with Gasteiger partial charge >= 0.3 is 0 Å². The number of allylic oxidation sites excluding steroid dienone is 1. The second-order valence-corrected chi connectivity index (χ2v) is 5.32. The highest BCUT2D eigenvalue weighted by Gasteiger charge is 2.42. The molecule has 1 aliphatic carbocycles. The minimum absolute atomic E-state index is 0.0752. The Balaban J connectivity index is 2.40. The van der Waals surface area contributed by atoms with Gasteiger partial charge in [0.25, 0.3) is 0 Å². The monoisotopic (exact) mass is 259 g/mol. The van der Waals surface area contributed by atoms with Gasteiger partial charge in [0.2, 0.25) is 0 Å². The van der Waals surface area contributed by atoms with Crippen molar-refractivity contribution in [2.75, 3.05) is 7.11 Å². The van der Waals surface area contributed by atoms with Crippen molar-refractivity contribution in [1.82, 2.24) is 0 Å². The average molecular weight is 259 g/mol. The number of rotatable bonds is 4. The Bertz CT molecular complexity index is 473. The maximum absolute atomic E-state index is 11.7. The van der Waals surface area contributed by atoms with Crippen LogP contribution in [0.5, 0.6) is 5.75 Å². The van der Waals surface area contributed by atoms with Crippen molar-refractivity contribution in [3.63, 3.8) is 0 Å². The molecule has 0 aromatic heterocycles. The minimum Gasteiger partial charge on any atom is -0.624 e. The van der Waals surface area contributed by atoms with E-state index in [0.29, 0.717) is 5.92 Å². The highest BCUT2D eigenvalue weighted by Crippen LogP contribution is 2.44. The van der Waals surface area contributed by atoms with Crippen molar-refractivity contribution < 1.29 is 9.48 Å². The number of hydrogen-bond acceptors (Lipinski definition) is 2. The average Bonchev–Trinajstić information content (AvgIpc) is 2.83. The Hall–Kier alpha value is -1.77. The second kappa shape index (κ2) is 5.47. The van der Waals surface area contributed by atoms with Gasteiger partial charge in [-0.1, -0.05) is 24.3 Å². The second-order valence-electron chi connectivity index (χ2n) is 5.32. The van der Waals surface area contributed by atoms with Crippen molar-refractivity contribution in [2.24, 2.45) is 5.92 Å². The summed E-state index contributed by atoms with van der Waals surface area (Å²) in [5.41, 5.74) is 2.27. The van der Waals surface area contributed by atoms with Gasteiger partial charge in [-0.3, -0.25) is 0 Å². The molecule has 102 valence electrons. The third kappa shape index (κ3) is 2.65. The van der Waals surface area contributed by atoms with Gasteiger partial charge in [-0.25, -0.2) is 4.74 Å². The van der Waals surface area contributed by atoms with E-state index in [1.165, 1.54) is 0 Å². The summed E-state index contributed by atoms with van der Waals surface area (Å²) < 4.78 is 6.13. The quantitative estimate of drug-likeness (QED) is 0.273. The van der Waals surface area contributed by atoms with E-state index in [0.717, 1.165) is 34.5 Å². The summed E-state index contributed by atoms with van der Waals surface area (Å²) in [5.74, 6) is 1.32. The van der Waals surface area contributed by atoms with Gasteiger partial charge in [0, 0.05) is 6.42 Å². The fourth-order valence-electron chi connectivity index (χ4n) is 3.16. The van der Waals surface area contributed by atoms with E-state index < -0.39 is 0 Å². The smallest absolute Gasteiger partial charge is 0.170 e. The molecule has 2 rings (SSSR count). The lowest BCUT2D eigenvalue weighted by molar-refractivity contribution is -0.494. The molecule has 1 aromatic carbocycles. The Labute approximate surface area is 114 Å². The summed E-state index contributed by atoms with van der Waals surface area (Å²) in [6.45, 7) is 9.67. The van der Waals surface area contributed by atoms with E-state index in [9.17, 15) is 5.21 Å². The first-order chi connectivity index (χ1) is 9.04. The van der Waals surface area contributed by atoms with Crippen LogP contribution in [0.15, 0.2) is 36.4 Å². The zero-order valence-corrected chi connectivity index (χ0v) is 11.6. The van der Waals surface area contributed by atoms with Crippen LogP contribution >= 0.6 is 0 Å². The molecule has 1 aromatic rings. The largest absolute Gasteiger partial charge is 0.624 e. The standard InChI is InChI=1S/C16H21NO2/c1-11(2)14-8-9-15(17(3)18)16(14)12-6-5-7-13(10-12)19-4/h5-7,10,14-16H,1,3,8-9H2,2,4H3/t14-,15-,16-/m1/s1. The molecular formula is C16H21NO2. The molecule has 3 atom stereocenters. The molecule has 0 amide bonds. The summed E-state index contributed by atoms with van der Waals surface area (Å²) in [6.07, 6.45) is 1.86. The summed E-state index contributed by atoms with van der Waals surface area (Å²) in [6, 6.07) is 7.89. The molecule has 19 heavy (non-hydrogen) atoms. The van der Waals surface area contributed by atoms with Gasteiger partial charge < -0.3 is 9.94 Å². The van der Waals surface area contributed by atoms with Crippen molar-refractivity contribution in [1.29, 1.82) is 0 Å². The lowest BCUT2D eigenvalue weighted by Gasteiger charge is -2.24. The first kappa shape index (κ1) is 13.7. The fraction of sp³-hybridized carbons (Fsp3) is 0.438. The predicted octanol–water partition coefficient (Wildman–Crippen LogP) is 3.34. The molecule has 0 aliphatic heterocycles. The molecule has 3 nitrogen and oxygen atoms in total. The zero-order valence-electron chi connectivity index (χ0n) is 11.6. The molecule has 0 unspecified atom stereocenters. The molecule has 0 N–H and O–H groups in total. The molecule has 0 heterocycles. The van der Waals surface area contributed by atoms with Gasteiger partial charge in [-0.2, -0.15) is 0 Å². The van der Waals surface area contributed by atoms with Crippen LogP contribution < -0.4 is 4.74 Å². The van der Waals surface area contributed by atoms with Crippen LogP contribution in [0.4, 0.5) is 0 Å². The molecule has 0 spiro atoms. The summed E-state index contributed by atoms with van der Waals surface area (Å²) >= 11 is 0. The van der Waals surface area contributed by atoms with Crippen LogP contribution in [0.25, 0.3) is 0 Å². The van der Waals surface area contributed by atoms with Crippen molar-refractivity contribution in [2.45, 2.75) is 31.7 Å². The molecule has 1 aliphatic rings. The van der Waals surface area contributed by atoms with Crippen LogP contribution in [0.3, 0.4) is 0 Å². The Morgan fingerprint density at radius 3 is 2.74 bits per heavy atom. The van der Waals surface area contributed by atoms with Gasteiger partial charge in [0.15, 0.2) is 6.04 Å². The summed E-state index contributed by atoms with van der Waals surface area (Å²) in [5, 5.41) is 11.7. The van der Waals surface area contributed by atoms with E-state index in [2.05, 4.69) is 19.4 Å². The summed E-state index contributed by atoms with van der Waals surface area (Å²) in [4.78, 5) is 0. The number of nitrogens with zero attached hydrogens (tertiary/aromatic N) is 1. The van der Waals surface area contributed by atoms with E-state index in [4.69, 9.17) is 4.74 Å². The van der Waals surface area contributed by atoms with Gasteiger partial charge in [-0.15, -0.1) is 0 Å². The molecule has 0 saturated heterocycles. The zero-order chi connectivity index (χ0) is 14.0. The van der Waals surface area contributed by atoms with E-state index in [1.807, 2.05) is 25.1 Å². The number of methoxy groups -OCH3 is 1. The van der Waals surface area contributed by atoms with Crippen LogP contribution in [0.2, 0.25) is 0 Å². The van der Waals surface area contributed by atoms with Crippen LogP contribution in [-0.2, 0) is 0 Å². The highest BCUT2D eigenvalue weighted by atomic mass is 16.5. The Kier molecular flexibility index (Phi) is 3.93. The molecule has 0 bridgehead atoms. The van der Waals surface area contributed by atoms with E-state index in [-0.39, 0.29) is 12.0 Å². The van der Waals surface area contributed by atoms with Crippen molar-refractivity contribution >= 4 is 6.72 Å². The topological polar surface area (TPSA) is 35.3 Å². The molecule has 0 radical (unpaired) electrons.